The van der Waals surface area contributed by atoms with Crippen LogP contribution >= 0.6 is 23.1 Å². The molecule has 36 heavy (non-hydrogen) atoms. The van der Waals surface area contributed by atoms with Gasteiger partial charge in [-0.25, -0.2) is 0 Å². The van der Waals surface area contributed by atoms with E-state index in [4.69, 9.17) is 14.2 Å². The molecule has 0 aliphatic rings. The Morgan fingerprint density at radius 3 is 2.11 bits per heavy atom. The lowest BCUT2D eigenvalue weighted by Crippen LogP contribution is -2.13. The summed E-state index contributed by atoms with van der Waals surface area (Å²) in [6, 6.07) is 11.0. The van der Waals surface area contributed by atoms with E-state index in [1.165, 1.54) is 28.7 Å². The molecule has 0 atom stereocenters. The summed E-state index contributed by atoms with van der Waals surface area (Å²) in [7, 11) is 0. The number of benzene rings is 2. The number of rotatable bonds is 13. The van der Waals surface area contributed by atoms with E-state index in [1.54, 1.807) is 12.1 Å². The fraction of sp³-hybridized carbons (Fsp3) is 0.360. The molecule has 0 bridgehead atoms. The van der Waals surface area contributed by atoms with Crippen LogP contribution in [0.15, 0.2) is 40.7 Å². The zero-order chi connectivity index (χ0) is 25.9. The van der Waals surface area contributed by atoms with Crippen LogP contribution < -0.4 is 24.8 Å². The number of aryl methyl sites for hydroxylation is 1. The molecule has 0 radical (unpaired) electrons. The second-order valence-corrected chi connectivity index (χ2v) is 9.52. The van der Waals surface area contributed by atoms with Crippen molar-refractivity contribution in [2.75, 3.05) is 36.2 Å². The third-order valence-electron chi connectivity index (χ3n) is 4.77. The second-order valence-electron chi connectivity index (χ2n) is 7.32. The minimum atomic E-state index is -0.388. The summed E-state index contributed by atoms with van der Waals surface area (Å²) in [5, 5.41) is 14.0. The Kier molecular flexibility index (Phi) is 10.4. The monoisotopic (exact) mass is 530 g/mol. The van der Waals surface area contributed by atoms with Crippen molar-refractivity contribution in [1.82, 2.24) is 10.2 Å². The van der Waals surface area contributed by atoms with Gasteiger partial charge in [0, 0.05) is 11.3 Å². The second kappa shape index (κ2) is 13.7. The lowest BCUT2D eigenvalue weighted by Gasteiger charge is -2.16. The van der Waals surface area contributed by atoms with E-state index in [0.717, 1.165) is 12.1 Å². The molecule has 2 aromatic carbocycles. The predicted octanol–water partition coefficient (Wildman–Crippen LogP) is 5.28. The molecule has 3 rings (SSSR count). The zero-order valence-electron chi connectivity index (χ0n) is 20.8. The van der Waals surface area contributed by atoms with Crippen molar-refractivity contribution < 1.29 is 23.8 Å². The van der Waals surface area contributed by atoms with Crippen molar-refractivity contribution >= 4 is 45.7 Å². The van der Waals surface area contributed by atoms with Gasteiger partial charge in [0.15, 0.2) is 15.8 Å². The Hall–Kier alpha value is -3.31. The molecule has 0 unspecified atom stereocenters. The first-order valence-corrected chi connectivity index (χ1v) is 13.5. The summed E-state index contributed by atoms with van der Waals surface area (Å²) in [6.07, 6.45) is 0.944. The van der Waals surface area contributed by atoms with Crippen LogP contribution in [0.5, 0.6) is 17.2 Å². The Morgan fingerprint density at radius 1 is 0.889 bits per heavy atom. The highest BCUT2D eigenvalue weighted by molar-refractivity contribution is 8.01. The minimum Gasteiger partial charge on any atom is -0.490 e. The van der Waals surface area contributed by atoms with Crippen LogP contribution in [-0.2, 0) is 11.2 Å². The number of hydrogen-bond donors (Lipinski definition) is 2. The maximum Gasteiger partial charge on any atom is 0.257 e. The van der Waals surface area contributed by atoms with Crippen LogP contribution in [0.4, 0.5) is 10.8 Å². The molecule has 9 nitrogen and oxygen atoms in total. The van der Waals surface area contributed by atoms with E-state index < -0.39 is 0 Å². The van der Waals surface area contributed by atoms with Gasteiger partial charge in [-0.05, 0) is 57.0 Å². The maximum absolute atomic E-state index is 12.9. The van der Waals surface area contributed by atoms with E-state index >= 15 is 0 Å². The standard InChI is InChI=1S/C25H30N4O5S2/c1-5-16-9-11-18(12-10-16)26-21(30)15-35-25-29-28-24(36-25)27-23(31)17-13-19(32-6-2)22(34-8-4)20(14-17)33-7-3/h9-14H,5-8,15H2,1-4H3,(H,26,30)(H,27,28,31). The van der Waals surface area contributed by atoms with Gasteiger partial charge in [-0.3, -0.25) is 14.9 Å². The Labute approximate surface area is 218 Å². The van der Waals surface area contributed by atoms with Gasteiger partial charge in [0.05, 0.1) is 25.6 Å². The highest BCUT2D eigenvalue weighted by Crippen LogP contribution is 2.39. The molecule has 2 amide bonds. The molecular formula is C25H30N4O5S2. The zero-order valence-corrected chi connectivity index (χ0v) is 22.4. The van der Waals surface area contributed by atoms with Crippen LogP contribution in [0, 0.1) is 0 Å². The van der Waals surface area contributed by atoms with Crippen molar-refractivity contribution in [1.29, 1.82) is 0 Å². The molecule has 192 valence electrons. The third-order valence-corrected chi connectivity index (χ3v) is 6.74. The molecular weight excluding hydrogens is 500 g/mol. The first kappa shape index (κ1) is 27.3. The lowest BCUT2D eigenvalue weighted by atomic mass is 10.1. The van der Waals surface area contributed by atoms with Crippen molar-refractivity contribution in [2.45, 2.75) is 38.5 Å². The van der Waals surface area contributed by atoms with E-state index in [9.17, 15) is 9.59 Å². The Balaban J connectivity index is 1.62. The van der Waals surface area contributed by atoms with Gasteiger partial charge in [-0.15, -0.1) is 10.2 Å². The number of thioether (sulfide) groups is 1. The topological polar surface area (TPSA) is 112 Å². The summed E-state index contributed by atoms with van der Waals surface area (Å²) in [5.41, 5.74) is 2.29. The normalized spacial score (nSPS) is 10.6. The van der Waals surface area contributed by atoms with Gasteiger partial charge in [-0.2, -0.15) is 0 Å². The van der Waals surface area contributed by atoms with Gasteiger partial charge < -0.3 is 19.5 Å². The highest BCUT2D eigenvalue weighted by Gasteiger charge is 2.19. The third kappa shape index (κ3) is 7.59. The van der Waals surface area contributed by atoms with Gasteiger partial charge in [0.2, 0.25) is 16.8 Å². The highest BCUT2D eigenvalue weighted by atomic mass is 32.2. The van der Waals surface area contributed by atoms with Crippen LogP contribution in [0.25, 0.3) is 0 Å². The largest absolute Gasteiger partial charge is 0.490 e. The number of nitrogens with one attached hydrogen (secondary N) is 2. The lowest BCUT2D eigenvalue weighted by molar-refractivity contribution is -0.113. The first-order chi connectivity index (χ1) is 17.5. The van der Waals surface area contributed by atoms with Gasteiger partial charge >= 0.3 is 0 Å². The molecule has 0 saturated heterocycles. The fourth-order valence-corrected chi connectivity index (χ4v) is 4.70. The summed E-state index contributed by atoms with van der Waals surface area (Å²) in [6.45, 7) is 8.90. The number of hydrogen-bond acceptors (Lipinski definition) is 9. The van der Waals surface area contributed by atoms with E-state index in [2.05, 4.69) is 27.8 Å². The number of aromatic nitrogens is 2. The fourth-order valence-electron chi connectivity index (χ4n) is 3.16. The number of carbonyl (C=O) groups is 2. The predicted molar refractivity (Wildman–Crippen MR) is 143 cm³/mol. The summed E-state index contributed by atoms with van der Waals surface area (Å²) in [4.78, 5) is 25.2. The average Bonchev–Trinajstić information content (AvgIpc) is 3.32. The van der Waals surface area contributed by atoms with Crippen molar-refractivity contribution in [2.24, 2.45) is 0 Å². The molecule has 0 saturated carbocycles. The average molecular weight is 531 g/mol. The SMILES string of the molecule is CCOc1cc(C(=O)Nc2nnc(SCC(=O)Nc3ccc(CC)cc3)s2)cc(OCC)c1OCC. The number of anilines is 2. The van der Waals surface area contributed by atoms with Crippen molar-refractivity contribution in [3.05, 3.63) is 47.5 Å². The summed E-state index contributed by atoms with van der Waals surface area (Å²) in [5.74, 6) is 0.963. The van der Waals surface area contributed by atoms with Crippen LogP contribution in [0.1, 0.15) is 43.6 Å². The van der Waals surface area contributed by atoms with E-state index in [-0.39, 0.29) is 17.6 Å². The van der Waals surface area contributed by atoms with E-state index in [0.29, 0.717) is 52.1 Å². The molecule has 1 heterocycles. The smallest absolute Gasteiger partial charge is 0.257 e. The van der Waals surface area contributed by atoms with E-state index in [1.807, 2.05) is 45.0 Å². The quantitative estimate of drug-likeness (QED) is 0.227. The van der Waals surface area contributed by atoms with Crippen LogP contribution in [-0.4, -0.2) is 47.6 Å². The van der Waals surface area contributed by atoms with Gasteiger partial charge in [0.1, 0.15) is 0 Å². The summed E-state index contributed by atoms with van der Waals surface area (Å²) < 4.78 is 17.6. The number of ether oxygens (including phenoxy) is 3. The minimum absolute atomic E-state index is 0.147. The summed E-state index contributed by atoms with van der Waals surface area (Å²) >= 11 is 2.44. The molecule has 0 aliphatic heterocycles. The van der Waals surface area contributed by atoms with Gasteiger partial charge in [0.25, 0.3) is 5.91 Å². The molecule has 11 heteroatoms. The number of nitrogens with zero attached hydrogens (tertiary/aromatic N) is 2. The molecule has 3 aromatic rings. The van der Waals surface area contributed by atoms with Crippen LogP contribution in [0.2, 0.25) is 0 Å². The Bertz CT molecular complexity index is 1140. The first-order valence-electron chi connectivity index (χ1n) is 11.7. The maximum atomic E-state index is 12.9. The van der Waals surface area contributed by atoms with Gasteiger partial charge in [-0.1, -0.05) is 42.2 Å². The number of amides is 2. The van der Waals surface area contributed by atoms with Crippen molar-refractivity contribution in [3.63, 3.8) is 0 Å². The molecule has 0 spiro atoms. The molecule has 0 aliphatic carbocycles. The molecule has 2 N–H and O–H groups in total. The van der Waals surface area contributed by atoms with Crippen molar-refractivity contribution in [3.8, 4) is 17.2 Å². The molecule has 0 fully saturated rings. The Morgan fingerprint density at radius 2 is 1.53 bits per heavy atom. The molecule has 1 aromatic heterocycles. The number of carbonyl (C=O) groups excluding carboxylic acids is 2. The van der Waals surface area contributed by atoms with Crippen LogP contribution in [0.3, 0.4) is 0 Å².